The van der Waals surface area contributed by atoms with Crippen LogP contribution in [0.25, 0.3) is 0 Å². The molecule has 2 unspecified atom stereocenters. The number of ether oxygens (including phenoxy) is 2. The maximum atomic E-state index is 12.1. The van der Waals surface area contributed by atoms with Gasteiger partial charge >= 0.3 is 0 Å². The number of likely N-dealkylation sites (N-methyl/N-ethyl adjacent to an activating group) is 1. The van der Waals surface area contributed by atoms with Crippen molar-refractivity contribution in [2.24, 2.45) is 0 Å². The van der Waals surface area contributed by atoms with Gasteiger partial charge in [0, 0.05) is 39.7 Å². The van der Waals surface area contributed by atoms with Crippen molar-refractivity contribution < 1.29 is 14.3 Å². The maximum Gasteiger partial charge on any atom is 0.222 e. The van der Waals surface area contributed by atoms with Gasteiger partial charge in [0.05, 0.1) is 18.8 Å². The molecule has 2 aliphatic heterocycles. The van der Waals surface area contributed by atoms with Crippen molar-refractivity contribution in [3.05, 3.63) is 0 Å². The first-order valence-corrected chi connectivity index (χ1v) is 7.43. The van der Waals surface area contributed by atoms with E-state index in [0.29, 0.717) is 19.1 Å². The summed E-state index contributed by atoms with van der Waals surface area (Å²) in [6.07, 6.45) is 5.36. The summed E-state index contributed by atoms with van der Waals surface area (Å²) in [6.45, 7) is 4.02. The number of carbonyl (C=O) groups excluding carboxylic acids is 1. The summed E-state index contributed by atoms with van der Waals surface area (Å²) >= 11 is 0. The van der Waals surface area contributed by atoms with E-state index in [1.54, 1.807) is 4.90 Å². The van der Waals surface area contributed by atoms with Crippen LogP contribution in [0, 0.1) is 0 Å². The van der Waals surface area contributed by atoms with E-state index in [0.717, 1.165) is 45.6 Å². The maximum absolute atomic E-state index is 12.1. The van der Waals surface area contributed by atoms with Crippen molar-refractivity contribution in [2.75, 3.05) is 39.9 Å². The lowest BCUT2D eigenvalue weighted by Gasteiger charge is -2.28. The van der Waals surface area contributed by atoms with E-state index in [4.69, 9.17) is 9.47 Å². The van der Waals surface area contributed by atoms with Gasteiger partial charge in [-0.3, -0.25) is 4.79 Å². The molecule has 2 aliphatic rings. The highest BCUT2D eigenvalue weighted by atomic mass is 16.5. The van der Waals surface area contributed by atoms with E-state index in [1.807, 2.05) is 7.05 Å². The largest absolute Gasteiger partial charge is 0.378 e. The van der Waals surface area contributed by atoms with Gasteiger partial charge in [-0.05, 0) is 25.7 Å². The van der Waals surface area contributed by atoms with Crippen LogP contribution in [-0.2, 0) is 14.3 Å². The van der Waals surface area contributed by atoms with Crippen LogP contribution in [0.3, 0.4) is 0 Å². The molecule has 0 aromatic carbocycles. The van der Waals surface area contributed by atoms with Crippen LogP contribution in [0.5, 0.6) is 0 Å². The smallest absolute Gasteiger partial charge is 0.222 e. The molecule has 2 fully saturated rings. The molecule has 2 rings (SSSR count). The summed E-state index contributed by atoms with van der Waals surface area (Å²) in [4.78, 5) is 13.8. The summed E-state index contributed by atoms with van der Waals surface area (Å²) in [7, 11) is 1.86. The van der Waals surface area contributed by atoms with E-state index in [-0.39, 0.29) is 12.0 Å². The second kappa shape index (κ2) is 7.82. The normalized spacial score (nSPS) is 28.1. The van der Waals surface area contributed by atoms with Gasteiger partial charge in [-0.25, -0.2) is 0 Å². The molecule has 2 heterocycles. The standard InChI is InChI=1S/C14H26N2O3/c1-16(11-13-10-15-7-9-19-13)14(17)6-5-12-4-2-3-8-18-12/h12-13,15H,2-11H2,1H3. The lowest BCUT2D eigenvalue weighted by atomic mass is 10.0. The Morgan fingerprint density at radius 2 is 2.11 bits per heavy atom. The quantitative estimate of drug-likeness (QED) is 0.802. The van der Waals surface area contributed by atoms with Gasteiger partial charge in [0.2, 0.25) is 5.91 Å². The van der Waals surface area contributed by atoms with Crippen LogP contribution in [0.4, 0.5) is 0 Å². The number of hydrogen-bond acceptors (Lipinski definition) is 4. The summed E-state index contributed by atoms with van der Waals surface area (Å²) in [5, 5.41) is 3.28. The molecule has 0 aromatic heterocycles. The molecule has 1 amide bonds. The van der Waals surface area contributed by atoms with Crippen LogP contribution >= 0.6 is 0 Å². The summed E-state index contributed by atoms with van der Waals surface area (Å²) in [5.41, 5.74) is 0. The molecule has 0 radical (unpaired) electrons. The third kappa shape index (κ3) is 5.09. The molecule has 0 aromatic rings. The topological polar surface area (TPSA) is 50.8 Å². The molecule has 2 saturated heterocycles. The molecule has 5 nitrogen and oxygen atoms in total. The lowest BCUT2D eigenvalue weighted by Crippen LogP contribution is -2.45. The number of amides is 1. The third-order valence-corrected chi connectivity index (χ3v) is 3.86. The van der Waals surface area contributed by atoms with Crippen LogP contribution in [0.1, 0.15) is 32.1 Å². The van der Waals surface area contributed by atoms with Crippen molar-refractivity contribution >= 4 is 5.91 Å². The molecule has 0 saturated carbocycles. The SMILES string of the molecule is CN(CC1CNCCO1)C(=O)CCC1CCCCO1. The molecule has 110 valence electrons. The summed E-state index contributed by atoms with van der Waals surface area (Å²) < 4.78 is 11.3. The summed E-state index contributed by atoms with van der Waals surface area (Å²) in [6, 6.07) is 0. The molecule has 0 spiro atoms. The van der Waals surface area contributed by atoms with Gasteiger partial charge < -0.3 is 19.7 Å². The minimum atomic E-state index is 0.133. The zero-order valence-corrected chi connectivity index (χ0v) is 11.9. The Hall–Kier alpha value is -0.650. The Morgan fingerprint density at radius 1 is 1.26 bits per heavy atom. The van der Waals surface area contributed by atoms with E-state index in [9.17, 15) is 4.79 Å². The first kappa shape index (κ1) is 14.8. The zero-order valence-electron chi connectivity index (χ0n) is 11.9. The van der Waals surface area contributed by atoms with Crippen molar-refractivity contribution in [1.82, 2.24) is 10.2 Å². The van der Waals surface area contributed by atoms with Crippen LogP contribution < -0.4 is 5.32 Å². The highest BCUT2D eigenvalue weighted by Gasteiger charge is 2.20. The Bertz CT molecular complexity index is 274. The minimum Gasteiger partial charge on any atom is -0.378 e. The Morgan fingerprint density at radius 3 is 2.79 bits per heavy atom. The van der Waals surface area contributed by atoms with Gasteiger partial charge in [0.15, 0.2) is 0 Å². The Kier molecular flexibility index (Phi) is 6.07. The molecule has 0 bridgehead atoms. The van der Waals surface area contributed by atoms with Gasteiger partial charge in [-0.15, -0.1) is 0 Å². The third-order valence-electron chi connectivity index (χ3n) is 3.86. The Balaban J connectivity index is 1.63. The van der Waals surface area contributed by atoms with E-state index < -0.39 is 0 Å². The summed E-state index contributed by atoms with van der Waals surface area (Å²) in [5.74, 6) is 0.198. The number of hydrogen-bond donors (Lipinski definition) is 1. The molecular weight excluding hydrogens is 244 g/mol. The number of nitrogens with zero attached hydrogens (tertiary/aromatic N) is 1. The second-order valence-corrected chi connectivity index (χ2v) is 5.50. The molecule has 5 heteroatoms. The van der Waals surface area contributed by atoms with Crippen LogP contribution in [-0.4, -0.2) is 62.9 Å². The fourth-order valence-electron chi connectivity index (χ4n) is 2.65. The monoisotopic (exact) mass is 270 g/mol. The van der Waals surface area contributed by atoms with Gasteiger partial charge in [-0.1, -0.05) is 0 Å². The van der Waals surface area contributed by atoms with Crippen LogP contribution in [0.2, 0.25) is 0 Å². The number of rotatable bonds is 5. The van der Waals surface area contributed by atoms with Gasteiger partial charge in [-0.2, -0.15) is 0 Å². The molecular formula is C14H26N2O3. The van der Waals surface area contributed by atoms with Crippen molar-refractivity contribution in [3.63, 3.8) is 0 Å². The van der Waals surface area contributed by atoms with E-state index in [1.165, 1.54) is 6.42 Å². The molecule has 1 N–H and O–H groups in total. The molecule has 19 heavy (non-hydrogen) atoms. The van der Waals surface area contributed by atoms with Crippen LogP contribution in [0.15, 0.2) is 0 Å². The zero-order chi connectivity index (χ0) is 13.5. The van der Waals surface area contributed by atoms with E-state index >= 15 is 0 Å². The van der Waals surface area contributed by atoms with Crippen molar-refractivity contribution in [3.8, 4) is 0 Å². The molecule has 2 atom stereocenters. The number of nitrogens with one attached hydrogen (secondary N) is 1. The fraction of sp³-hybridized carbons (Fsp3) is 0.929. The van der Waals surface area contributed by atoms with Gasteiger partial charge in [0.1, 0.15) is 0 Å². The average Bonchev–Trinajstić information content (AvgIpc) is 2.47. The first-order chi connectivity index (χ1) is 9.25. The predicted octanol–water partition coefficient (Wildman–Crippen LogP) is 0.783. The highest BCUT2D eigenvalue weighted by molar-refractivity contribution is 5.75. The van der Waals surface area contributed by atoms with Gasteiger partial charge in [0.25, 0.3) is 0 Å². The first-order valence-electron chi connectivity index (χ1n) is 7.43. The van der Waals surface area contributed by atoms with E-state index in [2.05, 4.69) is 5.32 Å². The number of carbonyl (C=O) groups is 1. The van der Waals surface area contributed by atoms with Crippen molar-refractivity contribution in [1.29, 1.82) is 0 Å². The second-order valence-electron chi connectivity index (χ2n) is 5.50. The fourth-order valence-corrected chi connectivity index (χ4v) is 2.65. The number of morpholine rings is 1. The Labute approximate surface area is 115 Å². The lowest BCUT2D eigenvalue weighted by molar-refractivity contribution is -0.133. The van der Waals surface area contributed by atoms with Crippen molar-refractivity contribution in [2.45, 2.75) is 44.3 Å². The molecule has 0 aliphatic carbocycles. The highest BCUT2D eigenvalue weighted by Crippen LogP contribution is 2.17. The predicted molar refractivity (Wildman–Crippen MR) is 73.1 cm³/mol. The average molecular weight is 270 g/mol. The minimum absolute atomic E-state index is 0.133.